The van der Waals surface area contributed by atoms with E-state index in [-0.39, 0.29) is 0 Å². The minimum Gasteiger partial charge on any atom is -0.321 e. The van der Waals surface area contributed by atoms with Gasteiger partial charge in [-0.3, -0.25) is 0 Å². The maximum absolute atomic E-state index is 8.64. The first-order chi connectivity index (χ1) is 9.06. The van der Waals surface area contributed by atoms with Crippen molar-refractivity contribution in [2.75, 3.05) is 6.61 Å². The molecule has 1 saturated carbocycles. The van der Waals surface area contributed by atoms with Gasteiger partial charge in [-0.05, 0) is 40.5 Å². The van der Waals surface area contributed by atoms with Gasteiger partial charge < -0.3 is 9.05 Å². The summed E-state index contributed by atoms with van der Waals surface area (Å²) in [6, 6.07) is 2.89. The monoisotopic (exact) mass is 286 g/mol. The fraction of sp³-hybridized carbons (Fsp3) is 0.929. The van der Waals surface area contributed by atoms with E-state index in [9.17, 15) is 0 Å². The summed E-state index contributed by atoms with van der Waals surface area (Å²) in [5.41, 5.74) is 0. The van der Waals surface area contributed by atoms with Crippen LogP contribution in [0.5, 0.6) is 0 Å². The topological polar surface area (TPSA) is 45.5 Å². The molecule has 1 fully saturated rings. The number of rotatable bonds is 8. The predicted molar refractivity (Wildman–Crippen MR) is 78.6 cm³/mol. The average Bonchev–Trinajstić information content (AvgIpc) is 2.81. The van der Waals surface area contributed by atoms with Crippen molar-refractivity contribution in [3.63, 3.8) is 0 Å². The Morgan fingerprint density at radius 1 is 1.21 bits per heavy atom. The van der Waals surface area contributed by atoms with Crippen LogP contribution in [-0.4, -0.2) is 29.5 Å². The summed E-state index contributed by atoms with van der Waals surface area (Å²) in [5, 5.41) is 8.64. The molecule has 4 nitrogen and oxygen atoms in total. The van der Waals surface area contributed by atoms with Gasteiger partial charge in [0.15, 0.2) is 0 Å². The van der Waals surface area contributed by atoms with Gasteiger partial charge >= 0.3 is 0 Å². The molecular weight excluding hydrogens is 259 g/mol. The van der Waals surface area contributed by atoms with Crippen molar-refractivity contribution < 1.29 is 9.05 Å². The number of hydrogen-bond donors (Lipinski definition) is 0. The molecule has 1 unspecified atom stereocenters. The molecule has 0 amide bonds. The van der Waals surface area contributed by atoms with Gasteiger partial charge in [0.2, 0.25) is 0 Å². The Labute approximate surface area is 119 Å². The first-order valence-electron chi connectivity index (χ1n) is 7.31. The molecule has 110 valence electrons. The largest absolute Gasteiger partial charge is 0.321 e. The maximum Gasteiger partial charge on any atom is 0.259 e. The van der Waals surface area contributed by atoms with Gasteiger partial charge in [0, 0.05) is 12.1 Å². The SMILES string of the molecule is CC(C)N(C(C)C)P(OCCC#N)OC1CCCC1. The quantitative estimate of drug-likeness (QED) is 0.495. The Hall–Kier alpha value is -0.200. The van der Waals surface area contributed by atoms with Crippen molar-refractivity contribution in [1.82, 2.24) is 4.67 Å². The van der Waals surface area contributed by atoms with Crippen LogP contribution in [0, 0.1) is 11.3 Å². The van der Waals surface area contributed by atoms with Crippen molar-refractivity contribution in [3.05, 3.63) is 0 Å². The molecule has 1 rings (SSSR count). The van der Waals surface area contributed by atoms with E-state index in [1.807, 2.05) is 0 Å². The molecule has 0 spiro atoms. The predicted octanol–water partition coefficient (Wildman–Crippen LogP) is 4.22. The average molecular weight is 286 g/mol. The van der Waals surface area contributed by atoms with Crippen molar-refractivity contribution in [3.8, 4) is 6.07 Å². The molecule has 19 heavy (non-hydrogen) atoms. The Morgan fingerprint density at radius 2 is 1.79 bits per heavy atom. The van der Waals surface area contributed by atoms with Crippen LogP contribution in [0.15, 0.2) is 0 Å². The fourth-order valence-electron chi connectivity index (χ4n) is 2.42. The number of nitrogens with zero attached hydrogens (tertiary/aromatic N) is 2. The second kappa shape index (κ2) is 8.87. The lowest BCUT2D eigenvalue weighted by atomic mass is 10.3. The Bertz CT molecular complexity index is 278. The third-order valence-corrected chi connectivity index (χ3v) is 5.39. The van der Waals surface area contributed by atoms with Crippen LogP contribution in [0.3, 0.4) is 0 Å². The van der Waals surface area contributed by atoms with Crippen molar-refractivity contribution in [2.45, 2.75) is 78.0 Å². The van der Waals surface area contributed by atoms with Crippen LogP contribution in [0.4, 0.5) is 0 Å². The van der Waals surface area contributed by atoms with E-state index < -0.39 is 8.53 Å². The molecule has 1 atom stereocenters. The summed E-state index contributed by atoms with van der Waals surface area (Å²) in [5.74, 6) is 0. The normalized spacial score (nSPS) is 18.4. The molecule has 0 saturated heterocycles. The molecular formula is C14H27N2O2P. The summed E-state index contributed by atoms with van der Waals surface area (Å²) in [4.78, 5) is 0. The van der Waals surface area contributed by atoms with Gasteiger partial charge in [-0.25, -0.2) is 4.67 Å². The lowest BCUT2D eigenvalue weighted by Gasteiger charge is -2.36. The molecule has 0 heterocycles. The highest BCUT2D eigenvalue weighted by molar-refractivity contribution is 7.44. The van der Waals surface area contributed by atoms with Crippen LogP contribution >= 0.6 is 8.53 Å². The first kappa shape index (κ1) is 16.9. The Balaban J connectivity index is 2.62. The van der Waals surface area contributed by atoms with Gasteiger partial charge in [-0.15, -0.1) is 0 Å². The highest BCUT2D eigenvalue weighted by Gasteiger charge is 2.30. The van der Waals surface area contributed by atoms with E-state index in [4.69, 9.17) is 14.3 Å². The first-order valence-corrected chi connectivity index (χ1v) is 8.44. The van der Waals surface area contributed by atoms with Crippen molar-refractivity contribution in [1.29, 1.82) is 5.26 Å². The van der Waals surface area contributed by atoms with Gasteiger partial charge in [0.25, 0.3) is 8.53 Å². The summed E-state index contributed by atoms with van der Waals surface area (Å²) in [6.45, 7) is 9.13. The van der Waals surface area contributed by atoms with E-state index >= 15 is 0 Å². The fourth-order valence-corrected chi connectivity index (χ4v) is 4.19. The molecule has 0 aliphatic heterocycles. The highest BCUT2D eigenvalue weighted by atomic mass is 31.2. The summed E-state index contributed by atoms with van der Waals surface area (Å²) < 4.78 is 14.4. The zero-order valence-corrected chi connectivity index (χ0v) is 13.5. The van der Waals surface area contributed by atoms with E-state index in [1.165, 1.54) is 12.8 Å². The van der Waals surface area contributed by atoms with Gasteiger partial charge in [-0.2, -0.15) is 5.26 Å². The van der Waals surface area contributed by atoms with Gasteiger partial charge in [-0.1, -0.05) is 12.8 Å². The van der Waals surface area contributed by atoms with Crippen LogP contribution in [0.25, 0.3) is 0 Å². The van der Waals surface area contributed by atoms with Crippen LogP contribution in [0.1, 0.15) is 59.8 Å². The summed E-state index contributed by atoms with van der Waals surface area (Å²) in [6.07, 6.45) is 5.57. The van der Waals surface area contributed by atoms with E-state index in [2.05, 4.69) is 38.4 Å². The zero-order valence-electron chi connectivity index (χ0n) is 12.6. The van der Waals surface area contributed by atoms with Crippen LogP contribution in [-0.2, 0) is 9.05 Å². The lowest BCUT2D eigenvalue weighted by Crippen LogP contribution is -2.34. The Morgan fingerprint density at radius 3 is 2.26 bits per heavy atom. The second-order valence-electron chi connectivity index (χ2n) is 5.56. The smallest absolute Gasteiger partial charge is 0.259 e. The van der Waals surface area contributed by atoms with E-state index in [1.54, 1.807) is 0 Å². The third-order valence-electron chi connectivity index (χ3n) is 3.20. The minimum absolute atomic E-state index is 0.341. The molecule has 0 N–H and O–H groups in total. The standard InChI is InChI=1S/C14H27N2O2P/c1-12(2)16(13(3)4)19(17-11-7-10-15)18-14-8-5-6-9-14/h12-14H,5-9,11H2,1-4H3. The highest BCUT2D eigenvalue weighted by Crippen LogP contribution is 2.48. The minimum atomic E-state index is -1.04. The van der Waals surface area contributed by atoms with Gasteiger partial charge in [0.05, 0.1) is 25.2 Å². The zero-order chi connectivity index (χ0) is 14.3. The van der Waals surface area contributed by atoms with E-state index in [0.717, 1.165) is 12.8 Å². The maximum atomic E-state index is 8.64. The van der Waals surface area contributed by atoms with Crippen molar-refractivity contribution in [2.24, 2.45) is 0 Å². The van der Waals surface area contributed by atoms with Gasteiger partial charge in [0.1, 0.15) is 0 Å². The Kier molecular flexibility index (Phi) is 7.87. The van der Waals surface area contributed by atoms with Crippen LogP contribution in [0.2, 0.25) is 0 Å². The summed E-state index contributed by atoms with van der Waals surface area (Å²) in [7, 11) is -1.04. The lowest BCUT2D eigenvalue weighted by molar-refractivity contribution is 0.135. The molecule has 0 aromatic carbocycles. The molecule has 1 aliphatic rings. The molecule has 5 heteroatoms. The molecule has 0 radical (unpaired) electrons. The summed E-state index contributed by atoms with van der Waals surface area (Å²) >= 11 is 0. The van der Waals surface area contributed by atoms with E-state index in [0.29, 0.717) is 31.2 Å². The molecule has 0 aromatic heterocycles. The van der Waals surface area contributed by atoms with Crippen LogP contribution < -0.4 is 0 Å². The molecule has 0 aromatic rings. The third kappa shape index (κ3) is 5.75. The second-order valence-corrected chi connectivity index (χ2v) is 6.97. The number of nitriles is 1. The van der Waals surface area contributed by atoms with Crippen molar-refractivity contribution >= 4 is 8.53 Å². The number of hydrogen-bond acceptors (Lipinski definition) is 4. The molecule has 1 aliphatic carbocycles. The molecule has 0 bridgehead atoms.